The Hall–Kier alpha value is -1.64. The van der Waals surface area contributed by atoms with Crippen LogP contribution in [0.1, 0.15) is 56.3 Å². The van der Waals surface area contributed by atoms with Crippen molar-refractivity contribution in [1.82, 2.24) is 14.9 Å². The predicted octanol–water partition coefficient (Wildman–Crippen LogP) is 2.55. The van der Waals surface area contributed by atoms with Gasteiger partial charge in [-0.3, -0.25) is 9.59 Å². The van der Waals surface area contributed by atoms with Crippen LogP contribution in [-0.4, -0.2) is 50.2 Å². The van der Waals surface area contributed by atoms with Gasteiger partial charge in [0.15, 0.2) is 0 Å². The number of sulfonamides is 1. The average Bonchev–Trinajstić information content (AvgIpc) is 2.96. The lowest BCUT2D eigenvalue weighted by Gasteiger charge is -2.21. The van der Waals surface area contributed by atoms with Crippen LogP contribution in [0.3, 0.4) is 0 Å². The van der Waals surface area contributed by atoms with Crippen LogP contribution in [0.25, 0.3) is 0 Å². The number of rotatable bonds is 7. The van der Waals surface area contributed by atoms with Crippen molar-refractivity contribution in [3.8, 4) is 0 Å². The van der Waals surface area contributed by atoms with Crippen molar-refractivity contribution in [3.63, 3.8) is 0 Å². The monoisotopic (exact) mass is 429 g/mol. The van der Waals surface area contributed by atoms with E-state index in [1.165, 1.54) is 22.5 Å². The molecular weight excluding hydrogens is 402 g/mol. The minimum Gasteiger partial charge on any atom is -0.354 e. The maximum absolute atomic E-state index is 13.0. The molecule has 0 spiro atoms. The summed E-state index contributed by atoms with van der Waals surface area (Å²) in [6, 6.07) is 3.41. The van der Waals surface area contributed by atoms with Crippen LogP contribution in [-0.2, 0) is 14.8 Å². The van der Waals surface area contributed by atoms with E-state index in [1.807, 2.05) is 6.92 Å². The van der Waals surface area contributed by atoms with Crippen LogP contribution in [0, 0.1) is 0 Å². The van der Waals surface area contributed by atoms with Gasteiger partial charge in [-0.2, -0.15) is 4.31 Å². The van der Waals surface area contributed by atoms with E-state index in [4.69, 9.17) is 11.6 Å². The van der Waals surface area contributed by atoms with E-state index in [2.05, 4.69) is 10.6 Å². The molecule has 1 atom stereocenters. The number of carbonyl (C=O) groups excluding carboxylic acids is 2. The van der Waals surface area contributed by atoms with E-state index >= 15 is 0 Å². The quantitative estimate of drug-likeness (QED) is 0.696. The largest absolute Gasteiger partial charge is 0.354 e. The highest BCUT2D eigenvalue weighted by Crippen LogP contribution is 2.27. The highest BCUT2D eigenvalue weighted by molar-refractivity contribution is 7.89. The molecule has 28 heavy (non-hydrogen) atoms. The molecule has 1 aromatic rings. The van der Waals surface area contributed by atoms with E-state index in [-0.39, 0.29) is 21.4 Å². The number of nitrogens with one attached hydrogen (secondary N) is 2. The minimum absolute atomic E-state index is 0.0770. The first kappa shape index (κ1) is 22.6. The summed E-state index contributed by atoms with van der Waals surface area (Å²) in [6.07, 6.45) is 4.41. The molecule has 1 heterocycles. The molecule has 1 saturated heterocycles. The van der Waals surface area contributed by atoms with Gasteiger partial charge >= 0.3 is 0 Å². The normalized spacial score (nSPS) is 16.8. The fourth-order valence-electron chi connectivity index (χ4n) is 3.01. The van der Waals surface area contributed by atoms with Crippen LogP contribution in [0.15, 0.2) is 23.1 Å². The number of nitrogens with zero attached hydrogens (tertiary/aromatic N) is 1. The average molecular weight is 430 g/mol. The number of hydrogen-bond acceptors (Lipinski definition) is 4. The lowest BCUT2D eigenvalue weighted by molar-refractivity contribution is -0.122. The molecule has 2 amide bonds. The third-order valence-electron chi connectivity index (χ3n) is 4.67. The molecule has 1 aliphatic heterocycles. The zero-order valence-electron chi connectivity index (χ0n) is 16.3. The standard InChI is InChI=1S/C19H28ClN3O4S/c1-3-10-21-18(24)14(2)22-19(25)15-8-9-16(20)17(13-15)28(26,27)23-11-6-4-5-7-12-23/h8-9,13-14H,3-7,10-12H2,1-2H3,(H,21,24)(H,22,25). The van der Waals surface area contributed by atoms with Crippen LogP contribution < -0.4 is 10.6 Å². The minimum atomic E-state index is -3.79. The first-order chi connectivity index (χ1) is 13.3. The van der Waals surface area contributed by atoms with Crippen molar-refractivity contribution in [2.24, 2.45) is 0 Å². The molecule has 0 aliphatic carbocycles. The van der Waals surface area contributed by atoms with Crippen molar-refractivity contribution in [3.05, 3.63) is 28.8 Å². The molecule has 2 N–H and O–H groups in total. The van der Waals surface area contributed by atoms with E-state index in [1.54, 1.807) is 6.92 Å². The predicted molar refractivity (Wildman–Crippen MR) is 109 cm³/mol. The van der Waals surface area contributed by atoms with Crippen LogP contribution >= 0.6 is 11.6 Å². The Morgan fingerprint density at radius 1 is 1.18 bits per heavy atom. The summed E-state index contributed by atoms with van der Waals surface area (Å²) in [5.74, 6) is -0.815. The zero-order valence-corrected chi connectivity index (χ0v) is 17.9. The van der Waals surface area contributed by atoms with Crippen molar-refractivity contribution < 1.29 is 18.0 Å². The summed E-state index contributed by atoms with van der Waals surface area (Å²) in [5, 5.41) is 5.37. The Bertz CT molecular complexity index is 805. The second kappa shape index (κ2) is 10.2. The molecule has 2 rings (SSSR count). The van der Waals surface area contributed by atoms with E-state index < -0.39 is 22.0 Å². The van der Waals surface area contributed by atoms with Gasteiger partial charge in [0.1, 0.15) is 10.9 Å². The van der Waals surface area contributed by atoms with Crippen LogP contribution in [0.4, 0.5) is 0 Å². The Morgan fingerprint density at radius 2 is 1.82 bits per heavy atom. The van der Waals surface area contributed by atoms with Gasteiger partial charge in [0.2, 0.25) is 15.9 Å². The summed E-state index contributed by atoms with van der Waals surface area (Å²) >= 11 is 6.16. The SMILES string of the molecule is CCCNC(=O)C(C)NC(=O)c1ccc(Cl)c(S(=O)(=O)N2CCCCCC2)c1. The summed E-state index contributed by atoms with van der Waals surface area (Å²) in [6.45, 7) is 4.93. The molecule has 0 aromatic heterocycles. The number of amides is 2. The smallest absolute Gasteiger partial charge is 0.251 e. The number of hydrogen-bond donors (Lipinski definition) is 2. The van der Waals surface area contributed by atoms with E-state index in [9.17, 15) is 18.0 Å². The maximum Gasteiger partial charge on any atom is 0.251 e. The highest BCUT2D eigenvalue weighted by atomic mass is 35.5. The number of carbonyl (C=O) groups is 2. The maximum atomic E-state index is 13.0. The van der Waals surface area contributed by atoms with Gasteiger partial charge in [-0.15, -0.1) is 0 Å². The van der Waals surface area contributed by atoms with Gasteiger partial charge < -0.3 is 10.6 Å². The Balaban J connectivity index is 2.20. The second-order valence-electron chi connectivity index (χ2n) is 6.95. The Labute approximate surface area is 171 Å². The molecule has 0 bridgehead atoms. The van der Waals surface area contributed by atoms with E-state index in [0.717, 1.165) is 32.1 Å². The molecule has 1 aromatic carbocycles. The summed E-state index contributed by atoms with van der Waals surface area (Å²) in [4.78, 5) is 24.4. The summed E-state index contributed by atoms with van der Waals surface area (Å²) < 4.78 is 27.5. The molecule has 0 radical (unpaired) electrons. The summed E-state index contributed by atoms with van der Waals surface area (Å²) in [5.41, 5.74) is 0.146. The van der Waals surface area contributed by atoms with Crippen molar-refractivity contribution in [1.29, 1.82) is 0 Å². The molecule has 156 valence electrons. The molecule has 1 aliphatic rings. The third-order valence-corrected chi connectivity index (χ3v) is 7.05. The van der Waals surface area contributed by atoms with Crippen LogP contribution in [0.2, 0.25) is 5.02 Å². The Morgan fingerprint density at radius 3 is 2.43 bits per heavy atom. The number of halogens is 1. The van der Waals surface area contributed by atoms with Gasteiger partial charge in [-0.25, -0.2) is 8.42 Å². The Kier molecular flexibility index (Phi) is 8.27. The molecular formula is C19H28ClN3O4S. The summed E-state index contributed by atoms with van der Waals surface area (Å²) in [7, 11) is -3.79. The van der Waals surface area contributed by atoms with Crippen molar-refractivity contribution in [2.45, 2.75) is 56.9 Å². The lowest BCUT2D eigenvalue weighted by atomic mass is 10.2. The third kappa shape index (κ3) is 5.68. The molecule has 7 nitrogen and oxygen atoms in total. The van der Waals surface area contributed by atoms with E-state index in [0.29, 0.717) is 19.6 Å². The molecule has 9 heteroatoms. The van der Waals surface area contributed by atoms with Crippen molar-refractivity contribution >= 4 is 33.4 Å². The highest BCUT2D eigenvalue weighted by Gasteiger charge is 2.28. The van der Waals surface area contributed by atoms with Gasteiger partial charge in [-0.1, -0.05) is 31.4 Å². The van der Waals surface area contributed by atoms with Gasteiger partial charge in [0, 0.05) is 25.2 Å². The van der Waals surface area contributed by atoms with Gasteiger partial charge in [-0.05, 0) is 44.4 Å². The molecule has 0 saturated carbocycles. The number of benzene rings is 1. The lowest BCUT2D eigenvalue weighted by Crippen LogP contribution is -2.45. The van der Waals surface area contributed by atoms with Gasteiger partial charge in [0.25, 0.3) is 5.91 Å². The van der Waals surface area contributed by atoms with Crippen molar-refractivity contribution in [2.75, 3.05) is 19.6 Å². The molecule has 1 fully saturated rings. The first-order valence-corrected chi connectivity index (χ1v) is 11.5. The zero-order chi connectivity index (χ0) is 20.7. The fourth-order valence-corrected chi connectivity index (χ4v) is 5.03. The van der Waals surface area contributed by atoms with Crippen LogP contribution in [0.5, 0.6) is 0 Å². The fraction of sp³-hybridized carbons (Fsp3) is 0.579. The molecule has 1 unspecified atom stereocenters. The topological polar surface area (TPSA) is 95.6 Å². The van der Waals surface area contributed by atoms with Gasteiger partial charge in [0.05, 0.1) is 5.02 Å². The first-order valence-electron chi connectivity index (χ1n) is 9.65. The second-order valence-corrected chi connectivity index (χ2v) is 9.26.